The zero-order valence-corrected chi connectivity index (χ0v) is 12.1. The lowest BCUT2D eigenvalue weighted by molar-refractivity contribution is 0.152. The van der Waals surface area contributed by atoms with Gasteiger partial charge in [-0.05, 0) is 30.4 Å². The van der Waals surface area contributed by atoms with Crippen LogP contribution in [0.2, 0.25) is 0 Å². The largest absolute Gasteiger partial charge is 0.250 e. The summed E-state index contributed by atoms with van der Waals surface area (Å²) in [7, 11) is 0. The lowest BCUT2D eigenvalue weighted by atomic mass is 9.95. The number of rotatable bonds is 3. The summed E-state index contributed by atoms with van der Waals surface area (Å²) in [5.74, 6) is 0. The molecule has 1 N–H and O–H groups in total. The standard InChI is InChI=1S/C14H24N2S/c1-14(2,3)13-8-7-12(17-13)11-15-16-9-5-4-6-10-16/h7-8,15H,4-6,9-11H2,1-3H3. The monoisotopic (exact) mass is 252 g/mol. The van der Waals surface area contributed by atoms with Crippen molar-refractivity contribution in [3.8, 4) is 0 Å². The van der Waals surface area contributed by atoms with Crippen molar-refractivity contribution >= 4 is 11.3 Å². The molecule has 1 aromatic heterocycles. The van der Waals surface area contributed by atoms with Crippen LogP contribution in [0.4, 0.5) is 0 Å². The molecule has 0 radical (unpaired) electrons. The summed E-state index contributed by atoms with van der Waals surface area (Å²) in [4.78, 5) is 2.92. The molecule has 2 nitrogen and oxygen atoms in total. The van der Waals surface area contributed by atoms with Gasteiger partial charge in [-0.25, -0.2) is 10.4 Å². The van der Waals surface area contributed by atoms with Crippen molar-refractivity contribution in [2.24, 2.45) is 0 Å². The summed E-state index contributed by atoms with van der Waals surface area (Å²) in [5, 5.41) is 2.37. The fourth-order valence-electron chi connectivity index (χ4n) is 2.12. The van der Waals surface area contributed by atoms with Gasteiger partial charge in [0.05, 0.1) is 0 Å². The molecule has 0 spiro atoms. The summed E-state index contributed by atoms with van der Waals surface area (Å²) in [6, 6.07) is 4.54. The normalized spacial score (nSPS) is 18.5. The van der Waals surface area contributed by atoms with Crippen LogP contribution in [0.5, 0.6) is 0 Å². The van der Waals surface area contributed by atoms with E-state index in [0.717, 1.165) is 6.54 Å². The number of hydrogen-bond donors (Lipinski definition) is 1. The zero-order chi connectivity index (χ0) is 12.3. The van der Waals surface area contributed by atoms with E-state index in [2.05, 4.69) is 43.3 Å². The minimum atomic E-state index is 0.286. The molecule has 0 aliphatic carbocycles. The van der Waals surface area contributed by atoms with Crippen LogP contribution in [-0.2, 0) is 12.0 Å². The molecule has 0 aromatic carbocycles. The molecule has 1 aromatic rings. The van der Waals surface area contributed by atoms with E-state index in [-0.39, 0.29) is 5.41 Å². The van der Waals surface area contributed by atoms with E-state index in [9.17, 15) is 0 Å². The summed E-state index contributed by atoms with van der Waals surface area (Å²) >= 11 is 1.94. The molecule has 1 aliphatic heterocycles. The third-order valence-electron chi connectivity index (χ3n) is 3.23. The van der Waals surface area contributed by atoms with Crippen LogP contribution in [0.3, 0.4) is 0 Å². The predicted octanol–water partition coefficient (Wildman–Crippen LogP) is 3.54. The fraction of sp³-hybridized carbons (Fsp3) is 0.714. The zero-order valence-electron chi connectivity index (χ0n) is 11.3. The van der Waals surface area contributed by atoms with Crippen molar-refractivity contribution in [3.63, 3.8) is 0 Å². The van der Waals surface area contributed by atoms with E-state index in [1.54, 1.807) is 0 Å². The highest BCUT2D eigenvalue weighted by Crippen LogP contribution is 2.29. The first kappa shape index (κ1) is 13.1. The minimum absolute atomic E-state index is 0.286. The Kier molecular flexibility index (Phi) is 4.23. The third kappa shape index (κ3) is 3.80. The Morgan fingerprint density at radius 3 is 2.47 bits per heavy atom. The van der Waals surface area contributed by atoms with Crippen LogP contribution < -0.4 is 5.43 Å². The van der Waals surface area contributed by atoms with E-state index >= 15 is 0 Å². The molecule has 0 saturated carbocycles. The van der Waals surface area contributed by atoms with Gasteiger partial charge in [0.2, 0.25) is 0 Å². The Morgan fingerprint density at radius 2 is 1.88 bits per heavy atom. The summed E-state index contributed by atoms with van der Waals surface area (Å²) < 4.78 is 0. The van der Waals surface area contributed by atoms with Gasteiger partial charge in [-0.3, -0.25) is 0 Å². The SMILES string of the molecule is CC(C)(C)c1ccc(CNN2CCCCC2)s1. The molecule has 0 unspecified atom stereocenters. The number of nitrogens with zero attached hydrogens (tertiary/aromatic N) is 1. The maximum atomic E-state index is 3.55. The molecule has 0 bridgehead atoms. The van der Waals surface area contributed by atoms with Crippen molar-refractivity contribution in [2.75, 3.05) is 13.1 Å². The molecule has 1 aliphatic rings. The Bertz CT molecular complexity index is 345. The van der Waals surface area contributed by atoms with E-state index in [1.807, 2.05) is 11.3 Å². The van der Waals surface area contributed by atoms with Crippen molar-refractivity contribution in [3.05, 3.63) is 21.9 Å². The maximum absolute atomic E-state index is 3.55. The number of hydrazine groups is 1. The Labute approximate surface area is 109 Å². The number of hydrogen-bond acceptors (Lipinski definition) is 3. The van der Waals surface area contributed by atoms with Crippen molar-refractivity contribution in [2.45, 2.75) is 52.0 Å². The van der Waals surface area contributed by atoms with Gasteiger partial charge in [0.25, 0.3) is 0 Å². The molecule has 1 fully saturated rings. The average Bonchev–Trinajstić information content (AvgIpc) is 2.76. The smallest absolute Gasteiger partial charge is 0.0447 e. The highest BCUT2D eigenvalue weighted by Gasteiger charge is 2.16. The lowest BCUT2D eigenvalue weighted by Gasteiger charge is -2.26. The second-order valence-electron chi connectivity index (χ2n) is 5.90. The first-order valence-corrected chi connectivity index (χ1v) is 7.45. The van der Waals surface area contributed by atoms with Gasteiger partial charge >= 0.3 is 0 Å². The van der Waals surface area contributed by atoms with Crippen LogP contribution in [0.1, 0.15) is 49.8 Å². The fourth-order valence-corrected chi connectivity index (χ4v) is 3.12. The van der Waals surface area contributed by atoms with Gasteiger partial charge in [0, 0.05) is 29.4 Å². The molecule has 3 heteroatoms. The van der Waals surface area contributed by atoms with Crippen molar-refractivity contribution in [1.82, 2.24) is 10.4 Å². The molecule has 0 amide bonds. The highest BCUT2D eigenvalue weighted by atomic mass is 32.1. The molecule has 2 rings (SSSR count). The Balaban J connectivity index is 1.84. The Morgan fingerprint density at radius 1 is 1.18 bits per heavy atom. The van der Waals surface area contributed by atoms with Gasteiger partial charge in [-0.1, -0.05) is 27.2 Å². The van der Waals surface area contributed by atoms with Crippen molar-refractivity contribution in [1.29, 1.82) is 0 Å². The summed E-state index contributed by atoms with van der Waals surface area (Å²) in [5.41, 5.74) is 3.83. The van der Waals surface area contributed by atoms with Crippen LogP contribution in [-0.4, -0.2) is 18.1 Å². The number of piperidine rings is 1. The quantitative estimate of drug-likeness (QED) is 0.885. The number of nitrogens with one attached hydrogen (secondary N) is 1. The van der Waals surface area contributed by atoms with E-state index < -0.39 is 0 Å². The summed E-state index contributed by atoms with van der Waals surface area (Å²) in [6.45, 7) is 10.2. The second-order valence-corrected chi connectivity index (χ2v) is 7.07. The summed E-state index contributed by atoms with van der Waals surface area (Å²) in [6.07, 6.45) is 4.07. The van der Waals surface area contributed by atoms with E-state index in [1.165, 1.54) is 42.1 Å². The average molecular weight is 252 g/mol. The van der Waals surface area contributed by atoms with Crippen LogP contribution in [0.25, 0.3) is 0 Å². The molecule has 2 heterocycles. The molecule has 1 saturated heterocycles. The lowest BCUT2D eigenvalue weighted by Crippen LogP contribution is -2.40. The second kappa shape index (κ2) is 5.51. The number of thiophene rings is 1. The van der Waals surface area contributed by atoms with Gasteiger partial charge < -0.3 is 0 Å². The van der Waals surface area contributed by atoms with Gasteiger partial charge in [0.1, 0.15) is 0 Å². The molecular formula is C14H24N2S. The van der Waals surface area contributed by atoms with E-state index in [4.69, 9.17) is 0 Å². The van der Waals surface area contributed by atoms with Gasteiger partial charge in [-0.15, -0.1) is 11.3 Å². The van der Waals surface area contributed by atoms with Gasteiger partial charge in [-0.2, -0.15) is 0 Å². The topological polar surface area (TPSA) is 15.3 Å². The minimum Gasteiger partial charge on any atom is -0.250 e. The van der Waals surface area contributed by atoms with Crippen LogP contribution in [0, 0.1) is 0 Å². The molecular weight excluding hydrogens is 228 g/mol. The molecule has 96 valence electrons. The van der Waals surface area contributed by atoms with E-state index in [0.29, 0.717) is 0 Å². The predicted molar refractivity (Wildman–Crippen MR) is 75.3 cm³/mol. The van der Waals surface area contributed by atoms with Crippen LogP contribution >= 0.6 is 11.3 Å². The van der Waals surface area contributed by atoms with Crippen LogP contribution in [0.15, 0.2) is 12.1 Å². The maximum Gasteiger partial charge on any atom is 0.0447 e. The molecule has 0 atom stereocenters. The Hall–Kier alpha value is -0.380. The first-order chi connectivity index (χ1) is 8.05. The third-order valence-corrected chi connectivity index (χ3v) is 4.74. The first-order valence-electron chi connectivity index (χ1n) is 6.63. The molecule has 17 heavy (non-hydrogen) atoms. The van der Waals surface area contributed by atoms with Gasteiger partial charge in [0.15, 0.2) is 0 Å². The highest BCUT2D eigenvalue weighted by molar-refractivity contribution is 7.12. The van der Waals surface area contributed by atoms with Crippen molar-refractivity contribution < 1.29 is 0 Å².